The van der Waals surface area contributed by atoms with Gasteiger partial charge < -0.3 is 46.7 Å². The zero-order chi connectivity index (χ0) is 32.8. The van der Waals surface area contributed by atoms with E-state index < -0.39 is 48.4 Å². The lowest BCUT2D eigenvalue weighted by molar-refractivity contribution is -0.154. The molecule has 0 spiro atoms. The zero-order valence-electron chi connectivity index (χ0n) is 25.6. The van der Waals surface area contributed by atoms with Crippen molar-refractivity contribution in [3.8, 4) is 0 Å². The molecular formula is C27H49N5O10S. The van der Waals surface area contributed by atoms with Gasteiger partial charge in [-0.15, -0.1) is 0 Å². The molecule has 0 aliphatic rings. The summed E-state index contributed by atoms with van der Waals surface area (Å²) in [5.41, 5.74) is 10.9. The first kappa shape index (κ1) is 40.1. The Labute approximate surface area is 257 Å². The van der Waals surface area contributed by atoms with Crippen molar-refractivity contribution < 1.29 is 48.1 Å². The third-order valence-electron chi connectivity index (χ3n) is 6.23. The van der Waals surface area contributed by atoms with Gasteiger partial charge in [0.1, 0.15) is 12.1 Å². The highest BCUT2D eigenvalue weighted by Gasteiger charge is 2.25. The second-order valence-corrected chi connectivity index (χ2v) is 11.0. The molecule has 0 aromatic carbocycles. The average Bonchev–Trinajstić information content (AvgIpc) is 2.98. The summed E-state index contributed by atoms with van der Waals surface area (Å²) in [7, 11) is 0. The van der Waals surface area contributed by atoms with E-state index in [2.05, 4.69) is 16.0 Å². The number of nitrogens with two attached hydrogens (primary N) is 2. The van der Waals surface area contributed by atoms with Crippen LogP contribution in [0.15, 0.2) is 0 Å². The summed E-state index contributed by atoms with van der Waals surface area (Å²) >= 11 is 1.27. The quantitative estimate of drug-likeness (QED) is 0.0530. The SMILES string of the molecule is CCC(C)C(=O)OCCC(CSCC(N)C(=O)NC(CO)C(=O)NCCOCCC(=O)NCC(N)=O)OC(=O)C(C)CC. The Hall–Kier alpha value is -2.95. The van der Waals surface area contributed by atoms with Crippen LogP contribution in [0.1, 0.15) is 53.4 Å². The van der Waals surface area contributed by atoms with E-state index in [0.717, 1.165) is 0 Å². The standard InChI is InChI=1S/C27H49N5O10S/c1-5-17(3)26(38)41-11-7-19(42-27(39)18(4)6-2)15-43-16-20(28)24(36)32-21(14-33)25(37)30-9-12-40-10-8-23(35)31-13-22(29)34/h17-21,33H,5-16,28H2,1-4H3,(H2,29,34)(H,30,37)(H,31,35)(H,32,36). The van der Waals surface area contributed by atoms with Crippen LogP contribution in [-0.2, 0) is 43.0 Å². The maximum atomic E-state index is 12.5. The van der Waals surface area contributed by atoms with E-state index in [1.54, 1.807) is 13.8 Å². The van der Waals surface area contributed by atoms with E-state index in [1.807, 2.05) is 13.8 Å². The summed E-state index contributed by atoms with van der Waals surface area (Å²) in [5, 5.41) is 16.8. The van der Waals surface area contributed by atoms with Gasteiger partial charge in [-0.1, -0.05) is 27.7 Å². The highest BCUT2D eigenvalue weighted by Crippen LogP contribution is 2.15. The number of thioether (sulfide) groups is 1. The lowest BCUT2D eigenvalue weighted by atomic mass is 10.1. The number of aliphatic hydroxyl groups is 1. The van der Waals surface area contributed by atoms with E-state index in [0.29, 0.717) is 18.6 Å². The largest absolute Gasteiger partial charge is 0.465 e. The van der Waals surface area contributed by atoms with Crippen molar-refractivity contribution in [3.63, 3.8) is 0 Å². The summed E-state index contributed by atoms with van der Waals surface area (Å²) in [6, 6.07) is -2.27. The number of hydrogen-bond donors (Lipinski definition) is 6. The highest BCUT2D eigenvalue weighted by molar-refractivity contribution is 7.99. The van der Waals surface area contributed by atoms with Crippen molar-refractivity contribution in [1.82, 2.24) is 16.0 Å². The first-order valence-electron chi connectivity index (χ1n) is 14.4. The molecule has 43 heavy (non-hydrogen) atoms. The number of nitrogens with one attached hydrogen (secondary N) is 3. The average molecular weight is 636 g/mol. The first-order chi connectivity index (χ1) is 20.4. The third kappa shape index (κ3) is 19.0. The van der Waals surface area contributed by atoms with Gasteiger partial charge in [0.25, 0.3) is 0 Å². The minimum atomic E-state index is -1.24. The molecule has 5 atom stereocenters. The molecule has 248 valence electrons. The molecule has 0 saturated heterocycles. The molecule has 8 N–H and O–H groups in total. The van der Waals surface area contributed by atoms with E-state index in [1.165, 1.54) is 11.8 Å². The summed E-state index contributed by atoms with van der Waals surface area (Å²) < 4.78 is 16.1. The molecule has 0 fully saturated rings. The number of aliphatic hydroxyl groups excluding tert-OH is 1. The van der Waals surface area contributed by atoms with E-state index >= 15 is 0 Å². The van der Waals surface area contributed by atoms with Gasteiger partial charge in [-0.25, -0.2) is 0 Å². The fourth-order valence-electron chi connectivity index (χ4n) is 3.01. The molecule has 4 amide bonds. The fraction of sp³-hybridized carbons (Fsp3) is 0.778. The number of hydrogen-bond acceptors (Lipinski definition) is 12. The zero-order valence-corrected chi connectivity index (χ0v) is 26.4. The molecule has 0 heterocycles. The molecule has 0 aliphatic heterocycles. The van der Waals surface area contributed by atoms with Crippen LogP contribution in [0.2, 0.25) is 0 Å². The number of carbonyl (C=O) groups excluding carboxylic acids is 6. The molecule has 0 aliphatic carbocycles. The van der Waals surface area contributed by atoms with Crippen LogP contribution in [0, 0.1) is 11.8 Å². The number of esters is 2. The van der Waals surface area contributed by atoms with Crippen molar-refractivity contribution in [3.05, 3.63) is 0 Å². The van der Waals surface area contributed by atoms with Crippen LogP contribution in [0.5, 0.6) is 0 Å². The fourth-order valence-corrected chi connectivity index (χ4v) is 4.05. The Morgan fingerprint density at radius 3 is 2.14 bits per heavy atom. The van der Waals surface area contributed by atoms with E-state index in [4.69, 9.17) is 25.7 Å². The minimum Gasteiger partial charge on any atom is -0.465 e. The van der Waals surface area contributed by atoms with Crippen LogP contribution in [-0.4, -0.2) is 110 Å². The summed E-state index contributed by atoms with van der Waals surface area (Å²) in [6.07, 6.45) is 0.987. The number of amides is 4. The van der Waals surface area contributed by atoms with E-state index in [9.17, 15) is 33.9 Å². The second kappa shape index (κ2) is 23.5. The Balaban J connectivity index is 4.59. The van der Waals surface area contributed by atoms with Crippen LogP contribution in [0.4, 0.5) is 0 Å². The summed E-state index contributed by atoms with van der Waals surface area (Å²) in [6.45, 7) is 6.60. The van der Waals surface area contributed by atoms with Crippen molar-refractivity contribution in [2.24, 2.45) is 23.3 Å². The van der Waals surface area contributed by atoms with Gasteiger partial charge in [-0.05, 0) is 12.8 Å². The summed E-state index contributed by atoms with van der Waals surface area (Å²) in [5.74, 6) is -3.15. The first-order valence-corrected chi connectivity index (χ1v) is 15.5. The second-order valence-electron chi connectivity index (χ2n) is 9.92. The number of rotatable bonds is 24. The van der Waals surface area contributed by atoms with Crippen LogP contribution in [0.25, 0.3) is 0 Å². The highest BCUT2D eigenvalue weighted by atomic mass is 32.2. The van der Waals surface area contributed by atoms with Crippen molar-refractivity contribution >= 4 is 47.3 Å². The lowest BCUT2D eigenvalue weighted by Crippen LogP contribution is -2.54. The Kier molecular flexibility index (Phi) is 21.9. The number of ether oxygens (including phenoxy) is 3. The molecule has 0 aromatic heterocycles. The molecule has 0 radical (unpaired) electrons. The van der Waals surface area contributed by atoms with Gasteiger partial charge in [-0.3, -0.25) is 28.8 Å². The topological polar surface area (TPSA) is 238 Å². The van der Waals surface area contributed by atoms with Gasteiger partial charge in [-0.2, -0.15) is 11.8 Å². The minimum absolute atomic E-state index is 0.000815. The van der Waals surface area contributed by atoms with Crippen LogP contribution >= 0.6 is 11.8 Å². The molecular weight excluding hydrogens is 586 g/mol. The van der Waals surface area contributed by atoms with E-state index in [-0.39, 0.29) is 75.3 Å². The lowest BCUT2D eigenvalue weighted by Gasteiger charge is -2.21. The number of carbonyl (C=O) groups is 6. The Morgan fingerprint density at radius 2 is 1.53 bits per heavy atom. The predicted octanol–water partition coefficient (Wildman–Crippen LogP) is -1.41. The normalized spacial score (nSPS) is 14.4. The smallest absolute Gasteiger partial charge is 0.308 e. The van der Waals surface area contributed by atoms with Gasteiger partial charge in [0, 0.05) is 30.9 Å². The molecule has 16 heteroatoms. The molecule has 0 bridgehead atoms. The third-order valence-corrected chi connectivity index (χ3v) is 7.43. The van der Waals surface area contributed by atoms with Crippen molar-refractivity contribution in [2.75, 3.05) is 51.0 Å². The van der Waals surface area contributed by atoms with Gasteiger partial charge in [0.15, 0.2) is 0 Å². The maximum Gasteiger partial charge on any atom is 0.308 e. The van der Waals surface area contributed by atoms with Crippen LogP contribution in [0.3, 0.4) is 0 Å². The predicted molar refractivity (Wildman–Crippen MR) is 159 cm³/mol. The van der Waals surface area contributed by atoms with Crippen molar-refractivity contribution in [1.29, 1.82) is 0 Å². The summed E-state index contributed by atoms with van der Waals surface area (Å²) in [4.78, 5) is 71.2. The molecule has 0 aromatic rings. The van der Waals surface area contributed by atoms with Crippen LogP contribution < -0.4 is 27.4 Å². The Morgan fingerprint density at radius 1 is 0.884 bits per heavy atom. The Bertz CT molecular complexity index is 894. The molecule has 0 saturated carbocycles. The maximum absolute atomic E-state index is 12.5. The molecule has 15 nitrogen and oxygen atoms in total. The van der Waals surface area contributed by atoms with Gasteiger partial charge >= 0.3 is 11.9 Å². The van der Waals surface area contributed by atoms with Crippen molar-refractivity contribution in [2.45, 2.75) is 71.6 Å². The molecule has 5 unspecified atom stereocenters. The molecule has 0 rings (SSSR count). The van der Waals surface area contributed by atoms with Gasteiger partial charge in [0.2, 0.25) is 23.6 Å². The van der Waals surface area contributed by atoms with Gasteiger partial charge in [0.05, 0.1) is 50.8 Å². The monoisotopic (exact) mass is 635 g/mol. The number of primary amides is 1.